The highest BCUT2D eigenvalue weighted by atomic mass is 16.6. The quantitative estimate of drug-likeness (QED) is 0.117. The van der Waals surface area contributed by atoms with Gasteiger partial charge in [0, 0.05) is 61.8 Å². The molecule has 0 N–H and O–H groups in total. The number of fused-ring (bicyclic) bond motifs is 3. The SMILES string of the molecule is COc1cc2c(cc1OC(C)=O)[C@H](Cc1ccc(OC)c(Oc3cc(OC)c(OC(C)=O)c4c3C[C@H]3c5c(cc(OC)c(OC)c5-4)CCN3C)c1)N(C)CC2. The molecule has 12 nitrogen and oxygen atoms in total. The Hall–Kier alpha value is -5.46. The van der Waals surface area contributed by atoms with Crippen LogP contribution >= 0.6 is 0 Å². The monoisotopic (exact) mass is 752 g/mol. The Morgan fingerprint density at radius 2 is 1.29 bits per heavy atom. The lowest BCUT2D eigenvalue weighted by atomic mass is 9.75. The Morgan fingerprint density at radius 3 is 1.96 bits per heavy atom. The molecule has 0 saturated heterocycles. The van der Waals surface area contributed by atoms with Crippen molar-refractivity contribution in [3.05, 3.63) is 75.8 Å². The van der Waals surface area contributed by atoms with Crippen LogP contribution in [-0.2, 0) is 35.3 Å². The number of carbonyl (C=O) groups is 2. The van der Waals surface area contributed by atoms with E-state index in [2.05, 4.69) is 30.0 Å². The molecular weight excluding hydrogens is 704 g/mol. The number of nitrogens with zero attached hydrogens (tertiary/aromatic N) is 2. The van der Waals surface area contributed by atoms with E-state index in [1.807, 2.05) is 30.3 Å². The van der Waals surface area contributed by atoms with E-state index in [4.69, 9.17) is 37.9 Å². The molecule has 3 aliphatic rings. The molecule has 0 unspecified atom stereocenters. The first-order valence-electron chi connectivity index (χ1n) is 18.3. The second kappa shape index (κ2) is 15.3. The summed E-state index contributed by atoms with van der Waals surface area (Å²) < 4.78 is 47.7. The van der Waals surface area contributed by atoms with Gasteiger partial charge in [0.15, 0.2) is 46.0 Å². The fourth-order valence-corrected chi connectivity index (χ4v) is 8.40. The van der Waals surface area contributed by atoms with Gasteiger partial charge in [-0.2, -0.15) is 0 Å². The lowest BCUT2D eigenvalue weighted by Gasteiger charge is -2.41. The Kier molecular flexibility index (Phi) is 10.6. The van der Waals surface area contributed by atoms with Crippen molar-refractivity contribution in [2.75, 3.05) is 62.7 Å². The maximum Gasteiger partial charge on any atom is 0.308 e. The number of ether oxygens (including phenoxy) is 8. The molecule has 0 aromatic heterocycles. The molecule has 4 aromatic rings. The lowest BCUT2D eigenvalue weighted by Crippen LogP contribution is -2.36. The zero-order chi connectivity index (χ0) is 39.1. The van der Waals surface area contributed by atoms with Crippen molar-refractivity contribution >= 4 is 11.9 Å². The van der Waals surface area contributed by atoms with Crippen LogP contribution in [0.1, 0.15) is 59.3 Å². The third-order valence-electron chi connectivity index (χ3n) is 11.0. The van der Waals surface area contributed by atoms with E-state index >= 15 is 0 Å². The van der Waals surface area contributed by atoms with Crippen LogP contribution in [0.25, 0.3) is 11.1 Å². The lowest BCUT2D eigenvalue weighted by molar-refractivity contribution is -0.132. The first-order chi connectivity index (χ1) is 26.5. The highest BCUT2D eigenvalue weighted by Gasteiger charge is 2.41. The summed E-state index contributed by atoms with van der Waals surface area (Å²) in [6.45, 7) is 4.46. The van der Waals surface area contributed by atoms with Crippen LogP contribution in [0.15, 0.2) is 42.5 Å². The van der Waals surface area contributed by atoms with Gasteiger partial charge in [0.1, 0.15) is 5.75 Å². The highest BCUT2D eigenvalue weighted by Crippen LogP contribution is 2.59. The first-order valence-corrected chi connectivity index (χ1v) is 18.3. The fourth-order valence-electron chi connectivity index (χ4n) is 8.40. The van der Waals surface area contributed by atoms with E-state index in [9.17, 15) is 9.59 Å². The average Bonchev–Trinajstić information content (AvgIpc) is 3.17. The number of esters is 2. The number of methoxy groups -OCH3 is 5. The second-order valence-corrected chi connectivity index (χ2v) is 14.2. The van der Waals surface area contributed by atoms with Crippen LogP contribution in [0.4, 0.5) is 0 Å². The number of carbonyl (C=O) groups excluding carboxylic acids is 2. The maximum atomic E-state index is 12.6. The van der Waals surface area contributed by atoms with Gasteiger partial charge in [0.2, 0.25) is 0 Å². The molecule has 0 amide bonds. The van der Waals surface area contributed by atoms with Gasteiger partial charge in [0.25, 0.3) is 0 Å². The van der Waals surface area contributed by atoms with Crippen molar-refractivity contribution in [1.29, 1.82) is 0 Å². The third kappa shape index (κ3) is 6.89. The average molecular weight is 753 g/mol. The van der Waals surface area contributed by atoms with E-state index in [-0.39, 0.29) is 12.1 Å². The molecule has 0 fully saturated rings. The van der Waals surface area contributed by atoms with Crippen LogP contribution < -0.4 is 37.9 Å². The summed E-state index contributed by atoms with van der Waals surface area (Å²) in [5.41, 5.74) is 7.78. The van der Waals surface area contributed by atoms with Gasteiger partial charge in [-0.15, -0.1) is 0 Å². The van der Waals surface area contributed by atoms with Gasteiger partial charge in [-0.05, 0) is 97.9 Å². The molecule has 0 radical (unpaired) electrons. The molecule has 290 valence electrons. The summed E-state index contributed by atoms with van der Waals surface area (Å²) in [6, 6.07) is 13.7. The molecule has 7 rings (SSSR count). The smallest absolute Gasteiger partial charge is 0.308 e. The predicted octanol–water partition coefficient (Wildman–Crippen LogP) is 6.90. The van der Waals surface area contributed by atoms with Crippen LogP contribution in [-0.4, -0.2) is 84.5 Å². The highest BCUT2D eigenvalue weighted by molar-refractivity contribution is 5.92. The maximum absolute atomic E-state index is 12.6. The summed E-state index contributed by atoms with van der Waals surface area (Å²) in [5.74, 6) is 3.40. The van der Waals surface area contributed by atoms with Crippen LogP contribution in [0.5, 0.6) is 51.7 Å². The summed E-state index contributed by atoms with van der Waals surface area (Å²) in [6.07, 6.45) is 2.88. The molecule has 2 atom stereocenters. The Balaban J connectivity index is 1.36. The Morgan fingerprint density at radius 1 is 0.636 bits per heavy atom. The van der Waals surface area contributed by atoms with Gasteiger partial charge in [0.05, 0.1) is 35.5 Å². The number of likely N-dealkylation sites (N-methyl/N-ethyl adjacent to an activating group) is 2. The van der Waals surface area contributed by atoms with Crippen molar-refractivity contribution in [3.8, 4) is 62.9 Å². The van der Waals surface area contributed by atoms with E-state index in [0.717, 1.165) is 64.9 Å². The van der Waals surface area contributed by atoms with Gasteiger partial charge in [-0.1, -0.05) is 6.07 Å². The molecule has 55 heavy (non-hydrogen) atoms. The zero-order valence-corrected chi connectivity index (χ0v) is 32.9. The van der Waals surface area contributed by atoms with Crippen molar-refractivity contribution < 1.29 is 47.5 Å². The molecule has 4 aromatic carbocycles. The van der Waals surface area contributed by atoms with Crippen molar-refractivity contribution in [2.24, 2.45) is 0 Å². The molecule has 12 heteroatoms. The van der Waals surface area contributed by atoms with E-state index in [1.165, 1.54) is 13.8 Å². The summed E-state index contributed by atoms with van der Waals surface area (Å²) in [5, 5.41) is 0. The number of hydrogen-bond donors (Lipinski definition) is 0. The second-order valence-electron chi connectivity index (χ2n) is 14.2. The molecule has 2 aliphatic heterocycles. The summed E-state index contributed by atoms with van der Waals surface area (Å²) >= 11 is 0. The minimum absolute atomic E-state index is 0.00221. The number of hydrogen-bond acceptors (Lipinski definition) is 12. The normalized spacial score (nSPS) is 17.3. The van der Waals surface area contributed by atoms with Crippen LogP contribution in [0.3, 0.4) is 0 Å². The minimum atomic E-state index is -0.480. The largest absolute Gasteiger partial charge is 0.493 e. The van der Waals surface area contributed by atoms with Crippen molar-refractivity contribution in [1.82, 2.24) is 9.80 Å². The molecule has 0 bridgehead atoms. The molecular formula is C43H48N2O10. The van der Waals surface area contributed by atoms with Crippen molar-refractivity contribution in [3.63, 3.8) is 0 Å². The van der Waals surface area contributed by atoms with Crippen LogP contribution in [0.2, 0.25) is 0 Å². The molecule has 0 spiro atoms. The fraction of sp³-hybridized carbons (Fsp3) is 0.395. The number of rotatable bonds is 11. The molecule has 0 saturated carbocycles. The Bertz CT molecular complexity index is 2160. The topological polar surface area (TPSA) is 114 Å². The van der Waals surface area contributed by atoms with Gasteiger partial charge < -0.3 is 37.9 Å². The van der Waals surface area contributed by atoms with Gasteiger partial charge in [-0.25, -0.2) is 0 Å². The first kappa shape index (κ1) is 37.8. The van der Waals surface area contributed by atoms with Crippen LogP contribution in [0, 0.1) is 0 Å². The van der Waals surface area contributed by atoms with Gasteiger partial charge >= 0.3 is 11.9 Å². The summed E-state index contributed by atoms with van der Waals surface area (Å²) in [4.78, 5) is 29.2. The predicted molar refractivity (Wildman–Crippen MR) is 206 cm³/mol. The Labute approximate surface area is 321 Å². The third-order valence-corrected chi connectivity index (χ3v) is 11.0. The zero-order valence-electron chi connectivity index (χ0n) is 32.9. The standard InChI is InChI=1S/C43H48N2O10/c1-23(46)53-36-21-28-26(18-34(36)49-6)12-14-44(3)30(28)16-25-10-11-32(48-5)35(17-25)55-33-22-38(51-8)43(54-24(2)47)40-29(33)20-31-39-27(13-15-45(31)4)19-37(50-7)42(52-9)41(39)40/h10-11,17-19,21-22,30-31H,12-16,20H2,1-9H3/t30-,31-/m0/s1. The van der Waals surface area contributed by atoms with E-state index < -0.39 is 11.9 Å². The van der Waals surface area contributed by atoms with E-state index in [0.29, 0.717) is 70.2 Å². The number of benzene rings is 4. The molecule has 1 aliphatic carbocycles. The van der Waals surface area contributed by atoms with Crippen molar-refractivity contribution in [2.45, 2.75) is 51.6 Å². The molecule has 2 heterocycles. The summed E-state index contributed by atoms with van der Waals surface area (Å²) in [7, 11) is 12.2. The van der Waals surface area contributed by atoms with E-state index in [1.54, 1.807) is 41.6 Å². The minimum Gasteiger partial charge on any atom is -0.493 e. The van der Waals surface area contributed by atoms with Gasteiger partial charge in [-0.3, -0.25) is 19.4 Å².